The van der Waals surface area contributed by atoms with Gasteiger partial charge >= 0.3 is 23.5 Å². The zero-order valence-electron chi connectivity index (χ0n) is 12.3. The molecule has 14 heteroatoms. The molecule has 0 heterocycles. The molecule has 0 spiro atoms. The van der Waals surface area contributed by atoms with E-state index in [0.29, 0.717) is 25.7 Å². The Balaban J connectivity index is 0. The van der Waals surface area contributed by atoms with Crippen molar-refractivity contribution >= 4 is 23.5 Å². The monoisotopic (exact) mass is 512 g/mol. The predicted molar refractivity (Wildman–Crippen MR) is 73.4 cm³/mol. The van der Waals surface area contributed by atoms with Crippen molar-refractivity contribution in [1.82, 2.24) is 0 Å². The van der Waals surface area contributed by atoms with Crippen molar-refractivity contribution in [3.05, 3.63) is 0 Å². The average molecular weight is 514 g/mol. The van der Waals surface area contributed by atoms with Gasteiger partial charge in [-0.3, -0.25) is 9.05 Å². The number of rotatable bonds is 12. The fraction of sp³-hybridized carbons (Fsp3) is 1.00. The van der Waals surface area contributed by atoms with Crippen molar-refractivity contribution in [2.75, 3.05) is 13.2 Å². The molecule has 0 saturated carbocycles. The summed E-state index contributed by atoms with van der Waals surface area (Å²) in [4.78, 5) is 26.2. The van der Waals surface area contributed by atoms with Crippen molar-refractivity contribution in [3.63, 3.8) is 0 Å². The van der Waals surface area contributed by atoms with Gasteiger partial charge in [-0.15, -0.1) is 0 Å². The molecule has 0 radical (unpaired) electrons. The zero-order valence-corrected chi connectivity index (χ0v) is 18.2. The van der Waals surface area contributed by atoms with Gasteiger partial charge in [0.1, 0.15) is 0 Å². The maximum Gasteiger partial charge on any atom is 0.490 e. The Morgan fingerprint density at radius 2 is 1.23 bits per heavy atom. The minimum absolute atomic E-state index is 0. The summed E-state index contributed by atoms with van der Waals surface area (Å²) in [6.07, 6.45) is 2.37. The van der Waals surface area contributed by atoms with Gasteiger partial charge in [-0.05, 0) is 12.8 Å². The first-order chi connectivity index (χ1) is 9.54. The first-order valence-corrected chi connectivity index (χ1v) is 10.7. The number of phosphoric acid groups is 3. The van der Waals surface area contributed by atoms with E-state index in [1.54, 1.807) is 0 Å². The molecule has 0 aromatic heterocycles. The van der Waals surface area contributed by atoms with Gasteiger partial charge in [0.15, 0.2) is 0 Å². The molecule has 1 unspecified atom stereocenters. The van der Waals surface area contributed by atoms with Gasteiger partial charge in [-0.2, -0.15) is 8.62 Å². The van der Waals surface area contributed by atoms with E-state index < -0.39 is 23.5 Å². The van der Waals surface area contributed by atoms with Crippen molar-refractivity contribution in [2.45, 2.75) is 39.5 Å². The molecule has 0 aliphatic rings. The number of hydrogen-bond donors (Lipinski definition) is 3. The van der Waals surface area contributed by atoms with E-state index in [-0.39, 0.29) is 54.1 Å². The zero-order chi connectivity index (χ0) is 16.6. The van der Waals surface area contributed by atoms with Crippen LogP contribution in [0.15, 0.2) is 0 Å². The second-order valence-corrected chi connectivity index (χ2v) is 8.58. The molecule has 0 aliphatic carbocycles. The molecule has 10 nitrogen and oxygen atoms in total. The van der Waals surface area contributed by atoms with Crippen molar-refractivity contribution in [3.8, 4) is 0 Å². The normalized spacial score (nSPS) is 15.1. The summed E-state index contributed by atoms with van der Waals surface area (Å²) >= 11 is 0. The van der Waals surface area contributed by atoms with Crippen molar-refractivity contribution in [1.29, 1.82) is 0 Å². The Morgan fingerprint density at radius 1 is 0.818 bits per heavy atom. The van der Waals surface area contributed by atoms with E-state index in [0.717, 1.165) is 0 Å². The molecule has 0 aromatic rings. The summed E-state index contributed by atoms with van der Waals surface area (Å²) in [6.45, 7) is 3.52. The fourth-order valence-electron chi connectivity index (χ4n) is 1.00. The van der Waals surface area contributed by atoms with Crippen LogP contribution in [0.2, 0.25) is 0 Å². The van der Waals surface area contributed by atoms with Gasteiger partial charge < -0.3 is 14.7 Å². The van der Waals surface area contributed by atoms with Gasteiger partial charge in [0.25, 0.3) is 0 Å². The maximum atomic E-state index is 12.1. The number of phosphoric ester groups is 1. The molecule has 0 rings (SSSR count). The largest absolute Gasteiger partial charge is 0.490 e. The van der Waals surface area contributed by atoms with Gasteiger partial charge in [0, 0.05) is 40.8 Å². The first-order valence-electron chi connectivity index (χ1n) is 6.23. The van der Waals surface area contributed by atoms with Crippen molar-refractivity contribution in [2.24, 2.45) is 0 Å². The van der Waals surface area contributed by atoms with E-state index in [1.165, 1.54) is 0 Å². The van der Waals surface area contributed by atoms with Crippen LogP contribution in [-0.4, -0.2) is 27.9 Å². The molecule has 0 aromatic carbocycles. The predicted octanol–water partition coefficient (Wildman–Crippen LogP) is 2.95. The van der Waals surface area contributed by atoms with Crippen LogP contribution in [0.5, 0.6) is 0 Å². The minimum Gasteiger partial charge on any atom is -0.302 e. The molecule has 0 amide bonds. The molecular formula is C8H21NdO10P3. The number of unbranched alkanes of at least 4 members (excludes halogenated alkanes) is 2. The van der Waals surface area contributed by atoms with Crippen LogP contribution in [0.4, 0.5) is 0 Å². The molecule has 132 valence electrons. The van der Waals surface area contributed by atoms with Crippen LogP contribution in [0, 0.1) is 40.8 Å². The molecule has 22 heavy (non-hydrogen) atoms. The Kier molecular flexibility index (Phi) is 14.4. The second kappa shape index (κ2) is 12.2. The molecule has 0 aliphatic heterocycles. The van der Waals surface area contributed by atoms with Gasteiger partial charge in [0.05, 0.1) is 13.2 Å². The third-order valence-corrected chi connectivity index (χ3v) is 6.21. The van der Waals surface area contributed by atoms with Crippen LogP contribution in [0.25, 0.3) is 0 Å². The Morgan fingerprint density at radius 3 is 1.55 bits per heavy atom. The molecule has 1 atom stereocenters. The van der Waals surface area contributed by atoms with E-state index >= 15 is 0 Å². The fourth-order valence-corrected chi connectivity index (χ4v) is 4.63. The summed E-state index contributed by atoms with van der Waals surface area (Å²) < 4.78 is 51.5. The first kappa shape index (κ1) is 26.0. The van der Waals surface area contributed by atoms with Crippen LogP contribution >= 0.6 is 23.5 Å². The number of hydrogen-bond acceptors (Lipinski definition) is 7. The van der Waals surface area contributed by atoms with Gasteiger partial charge in [-0.25, -0.2) is 13.7 Å². The Hall–Kier alpha value is 1.76. The van der Waals surface area contributed by atoms with Crippen LogP contribution in [0.3, 0.4) is 0 Å². The maximum absolute atomic E-state index is 12.1. The summed E-state index contributed by atoms with van der Waals surface area (Å²) in [5.74, 6) is 0. The van der Waals surface area contributed by atoms with Crippen LogP contribution in [-0.2, 0) is 31.4 Å². The molecular weight excluding hydrogens is 493 g/mol. The molecule has 0 saturated heterocycles. The third-order valence-electron chi connectivity index (χ3n) is 1.91. The van der Waals surface area contributed by atoms with Crippen LogP contribution in [0.1, 0.15) is 39.5 Å². The molecule has 0 bridgehead atoms. The molecule has 3 N–H and O–H groups in total. The summed E-state index contributed by atoms with van der Waals surface area (Å²) in [7, 11) is -15.1. The van der Waals surface area contributed by atoms with Crippen LogP contribution < -0.4 is 0 Å². The second-order valence-electron chi connectivity index (χ2n) is 3.94. The minimum atomic E-state index is -5.31. The van der Waals surface area contributed by atoms with E-state index in [2.05, 4.69) is 8.62 Å². The van der Waals surface area contributed by atoms with E-state index in [9.17, 15) is 18.6 Å². The summed E-state index contributed by atoms with van der Waals surface area (Å²) in [5, 5.41) is 0. The topological polar surface area (TPSA) is 149 Å². The Bertz CT molecular complexity index is 424. The van der Waals surface area contributed by atoms with E-state index in [1.807, 2.05) is 13.8 Å². The average Bonchev–Trinajstić information content (AvgIpc) is 2.25. The van der Waals surface area contributed by atoms with E-state index in [4.69, 9.17) is 18.8 Å². The Labute approximate surface area is 162 Å². The SMILES string of the molecule is CCCCOP(=O)(OCCCC)OP(=O)(O)OP(=O)(O)O.[Nd]. The smallest absolute Gasteiger partial charge is 0.302 e. The summed E-state index contributed by atoms with van der Waals surface area (Å²) in [5.41, 5.74) is 0. The third kappa shape index (κ3) is 14.1. The van der Waals surface area contributed by atoms with Crippen molar-refractivity contribution < 1.29 is 86.9 Å². The van der Waals surface area contributed by atoms with Gasteiger partial charge in [0.2, 0.25) is 0 Å². The summed E-state index contributed by atoms with van der Waals surface area (Å²) in [6, 6.07) is 0. The quantitative estimate of drug-likeness (QED) is 0.262. The van der Waals surface area contributed by atoms with Gasteiger partial charge in [-0.1, -0.05) is 26.7 Å². The molecule has 0 fully saturated rings. The standard InChI is InChI=1S/C8H21O10P3.Nd/c1-3-5-7-15-21(14,16-8-6-4-2)18-20(12,13)17-19(9,10)11;/h3-8H2,1-2H3,(H,12,13)(H2,9,10,11);.